The van der Waals surface area contributed by atoms with Gasteiger partial charge in [-0.3, -0.25) is 4.90 Å². The lowest BCUT2D eigenvalue weighted by atomic mass is 10.0. The third-order valence-corrected chi connectivity index (χ3v) is 5.05. The first-order valence-corrected chi connectivity index (χ1v) is 8.06. The van der Waals surface area contributed by atoms with E-state index in [2.05, 4.69) is 33.7 Å². The van der Waals surface area contributed by atoms with E-state index in [1.165, 1.54) is 24.0 Å². The standard InChI is InChI=1S/C16H20N4S/c1-18-15(13-6-7-13)17-20(16(18)21)11-19-9-8-12-4-2-3-5-14(12)10-19/h2-5,13H,6-11H2,1H3. The number of aromatic nitrogens is 3. The van der Waals surface area contributed by atoms with Crippen molar-refractivity contribution in [2.24, 2.45) is 7.05 Å². The minimum Gasteiger partial charge on any atom is -0.307 e. The van der Waals surface area contributed by atoms with Gasteiger partial charge in [-0.05, 0) is 42.6 Å². The molecule has 1 fully saturated rings. The number of benzene rings is 1. The van der Waals surface area contributed by atoms with Gasteiger partial charge in [0.25, 0.3) is 0 Å². The molecule has 0 bridgehead atoms. The molecule has 1 aromatic heterocycles. The Morgan fingerprint density at radius 2 is 2.00 bits per heavy atom. The van der Waals surface area contributed by atoms with Crippen LogP contribution in [0.2, 0.25) is 0 Å². The van der Waals surface area contributed by atoms with E-state index in [0.29, 0.717) is 5.92 Å². The molecule has 4 nitrogen and oxygen atoms in total. The molecule has 0 unspecified atom stereocenters. The lowest BCUT2D eigenvalue weighted by Crippen LogP contribution is -2.32. The molecule has 1 aromatic carbocycles. The summed E-state index contributed by atoms with van der Waals surface area (Å²) in [6.45, 7) is 2.87. The Balaban J connectivity index is 1.55. The lowest BCUT2D eigenvalue weighted by molar-refractivity contribution is 0.187. The van der Waals surface area contributed by atoms with Crippen molar-refractivity contribution in [1.82, 2.24) is 19.2 Å². The van der Waals surface area contributed by atoms with Gasteiger partial charge in [0.15, 0.2) is 4.77 Å². The summed E-state index contributed by atoms with van der Waals surface area (Å²) in [4.78, 5) is 2.43. The lowest BCUT2D eigenvalue weighted by Gasteiger charge is -2.28. The Hall–Kier alpha value is -1.46. The topological polar surface area (TPSA) is 26.0 Å². The second-order valence-corrected chi connectivity index (χ2v) is 6.55. The molecular formula is C16H20N4S. The summed E-state index contributed by atoms with van der Waals surface area (Å²) in [5, 5.41) is 4.76. The highest BCUT2D eigenvalue weighted by Crippen LogP contribution is 2.38. The molecule has 1 aliphatic heterocycles. The number of rotatable bonds is 3. The van der Waals surface area contributed by atoms with Crippen LogP contribution in [0.4, 0.5) is 0 Å². The largest absolute Gasteiger partial charge is 0.307 e. The van der Waals surface area contributed by atoms with E-state index in [1.54, 1.807) is 0 Å². The van der Waals surface area contributed by atoms with E-state index < -0.39 is 0 Å². The molecule has 21 heavy (non-hydrogen) atoms. The first-order chi connectivity index (χ1) is 10.2. The summed E-state index contributed by atoms with van der Waals surface area (Å²) in [6, 6.07) is 8.73. The van der Waals surface area contributed by atoms with E-state index in [-0.39, 0.29) is 0 Å². The molecule has 2 heterocycles. The zero-order valence-corrected chi connectivity index (χ0v) is 13.1. The third-order valence-electron chi connectivity index (χ3n) is 4.56. The van der Waals surface area contributed by atoms with Crippen molar-refractivity contribution < 1.29 is 0 Å². The minimum atomic E-state index is 0.639. The van der Waals surface area contributed by atoms with Crippen LogP contribution in [-0.4, -0.2) is 25.8 Å². The quantitative estimate of drug-likeness (QED) is 0.815. The maximum Gasteiger partial charge on any atom is 0.198 e. The molecule has 5 heteroatoms. The maximum atomic E-state index is 5.54. The van der Waals surface area contributed by atoms with Gasteiger partial charge in [-0.25, -0.2) is 4.68 Å². The first kappa shape index (κ1) is 13.2. The predicted molar refractivity (Wildman–Crippen MR) is 84.6 cm³/mol. The Morgan fingerprint density at radius 1 is 1.24 bits per heavy atom. The van der Waals surface area contributed by atoms with Gasteiger partial charge < -0.3 is 4.57 Å². The third kappa shape index (κ3) is 2.45. The van der Waals surface area contributed by atoms with E-state index in [1.807, 2.05) is 11.7 Å². The van der Waals surface area contributed by atoms with Crippen LogP contribution in [-0.2, 0) is 26.7 Å². The van der Waals surface area contributed by atoms with Crippen LogP contribution in [0.1, 0.15) is 35.7 Å². The molecule has 0 radical (unpaired) electrons. The van der Waals surface area contributed by atoms with Gasteiger partial charge in [0.1, 0.15) is 5.82 Å². The Kier molecular flexibility index (Phi) is 3.19. The molecule has 0 amide bonds. The zero-order chi connectivity index (χ0) is 14.4. The average Bonchev–Trinajstić information content (AvgIpc) is 3.30. The number of hydrogen-bond donors (Lipinski definition) is 0. The molecule has 2 aliphatic rings. The zero-order valence-electron chi connectivity index (χ0n) is 12.3. The highest BCUT2D eigenvalue weighted by molar-refractivity contribution is 7.71. The summed E-state index contributed by atoms with van der Waals surface area (Å²) in [7, 11) is 2.05. The van der Waals surface area contributed by atoms with Crippen LogP contribution in [0.5, 0.6) is 0 Å². The molecule has 0 atom stereocenters. The normalized spacial score (nSPS) is 18.7. The molecule has 0 spiro atoms. The van der Waals surface area contributed by atoms with Crippen LogP contribution in [0.3, 0.4) is 0 Å². The molecule has 110 valence electrons. The Bertz CT molecular complexity index is 726. The van der Waals surface area contributed by atoms with Crippen LogP contribution in [0.15, 0.2) is 24.3 Å². The molecule has 4 rings (SSSR count). The molecule has 0 saturated heterocycles. The van der Waals surface area contributed by atoms with Crippen LogP contribution in [0.25, 0.3) is 0 Å². The van der Waals surface area contributed by atoms with Gasteiger partial charge in [0.2, 0.25) is 0 Å². The molecule has 1 aliphatic carbocycles. The second-order valence-electron chi connectivity index (χ2n) is 6.19. The SMILES string of the molecule is Cn1c(C2CC2)nn(CN2CCc3ccccc3C2)c1=S. The molecule has 1 saturated carbocycles. The second kappa shape index (κ2) is 5.07. The molecule has 0 N–H and O–H groups in total. The van der Waals surface area contributed by atoms with Crippen LogP contribution >= 0.6 is 12.2 Å². The van der Waals surface area contributed by atoms with Gasteiger partial charge in [0, 0.05) is 26.1 Å². The highest BCUT2D eigenvalue weighted by Gasteiger charge is 2.29. The number of hydrogen-bond acceptors (Lipinski definition) is 3. The fourth-order valence-corrected chi connectivity index (χ4v) is 3.35. The summed E-state index contributed by atoms with van der Waals surface area (Å²) < 4.78 is 4.93. The van der Waals surface area contributed by atoms with E-state index in [0.717, 1.165) is 36.8 Å². The van der Waals surface area contributed by atoms with E-state index >= 15 is 0 Å². The van der Waals surface area contributed by atoms with Crippen molar-refractivity contribution in [3.63, 3.8) is 0 Å². The molecular weight excluding hydrogens is 280 g/mol. The predicted octanol–water partition coefficient (Wildman–Crippen LogP) is 2.84. The van der Waals surface area contributed by atoms with Crippen molar-refractivity contribution in [2.45, 2.75) is 38.4 Å². The summed E-state index contributed by atoms with van der Waals surface area (Å²) in [6.07, 6.45) is 3.64. The van der Waals surface area contributed by atoms with Gasteiger partial charge in [-0.2, -0.15) is 5.10 Å². The monoisotopic (exact) mass is 300 g/mol. The van der Waals surface area contributed by atoms with Crippen molar-refractivity contribution in [2.75, 3.05) is 6.54 Å². The van der Waals surface area contributed by atoms with Gasteiger partial charge in [0.05, 0.1) is 6.67 Å². The van der Waals surface area contributed by atoms with Crippen molar-refractivity contribution >= 4 is 12.2 Å². The fraction of sp³-hybridized carbons (Fsp3) is 0.500. The number of nitrogens with zero attached hydrogens (tertiary/aromatic N) is 4. The summed E-state index contributed by atoms with van der Waals surface area (Å²) in [5.74, 6) is 1.80. The fourth-order valence-electron chi connectivity index (χ4n) is 3.16. The van der Waals surface area contributed by atoms with Crippen molar-refractivity contribution in [1.29, 1.82) is 0 Å². The smallest absolute Gasteiger partial charge is 0.198 e. The average molecular weight is 300 g/mol. The van der Waals surface area contributed by atoms with Gasteiger partial charge in [-0.15, -0.1) is 0 Å². The van der Waals surface area contributed by atoms with Crippen LogP contribution in [0, 0.1) is 4.77 Å². The Morgan fingerprint density at radius 3 is 2.76 bits per heavy atom. The number of fused-ring (bicyclic) bond motifs is 1. The van der Waals surface area contributed by atoms with Gasteiger partial charge >= 0.3 is 0 Å². The van der Waals surface area contributed by atoms with Gasteiger partial charge in [-0.1, -0.05) is 24.3 Å². The minimum absolute atomic E-state index is 0.639. The summed E-state index contributed by atoms with van der Waals surface area (Å²) >= 11 is 5.54. The van der Waals surface area contributed by atoms with E-state index in [9.17, 15) is 0 Å². The van der Waals surface area contributed by atoms with Crippen molar-refractivity contribution in [3.05, 3.63) is 46.0 Å². The Labute approximate surface area is 130 Å². The van der Waals surface area contributed by atoms with E-state index in [4.69, 9.17) is 17.3 Å². The summed E-state index contributed by atoms with van der Waals surface area (Å²) in [5.41, 5.74) is 2.92. The van der Waals surface area contributed by atoms with Crippen LogP contribution < -0.4 is 0 Å². The first-order valence-electron chi connectivity index (χ1n) is 7.65. The maximum absolute atomic E-state index is 5.54. The highest BCUT2D eigenvalue weighted by atomic mass is 32.1. The molecule has 2 aromatic rings. The van der Waals surface area contributed by atoms with Crippen molar-refractivity contribution in [3.8, 4) is 0 Å².